The van der Waals surface area contributed by atoms with E-state index in [0.717, 1.165) is 24.8 Å². The summed E-state index contributed by atoms with van der Waals surface area (Å²) in [7, 11) is 1.84. The Balaban J connectivity index is 0.000000193. The predicted octanol–water partition coefficient (Wildman–Crippen LogP) is 5.69. The van der Waals surface area contributed by atoms with Crippen LogP contribution in [0.25, 0.3) is 0 Å². The number of carboxylic acid groups (broad SMARTS) is 1. The molecule has 0 radical (unpaired) electrons. The van der Waals surface area contributed by atoms with E-state index in [1.54, 1.807) is 67.6 Å². The number of carbonyl (C=O) groups is 4. The summed E-state index contributed by atoms with van der Waals surface area (Å²) < 4.78 is 0. The second kappa shape index (κ2) is 17.0. The highest BCUT2D eigenvalue weighted by Gasteiger charge is 2.41. The van der Waals surface area contributed by atoms with E-state index in [1.807, 2.05) is 42.8 Å². The molecule has 5 N–H and O–H groups in total. The lowest BCUT2D eigenvalue weighted by atomic mass is 9.75. The largest absolute Gasteiger partial charge is 0.481 e. The van der Waals surface area contributed by atoms with Gasteiger partial charge in [0.05, 0.1) is 5.92 Å². The van der Waals surface area contributed by atoms with Gasteiger partial charge in [0.2, 0.25) is 0 Å². The third kappa shape index (κ3) is 9.15. The van der Waals surface area contributed by atoms with Gasteiger partial charge in [-0.3, -0.25) is 29.6 Å². The molecule has 5 rings (SSSR count). The Kier molecular flexibility index (Phi) is 13.1. The van der Waals surface area contributed by atoms with Crippen molar-refractivity contribution in [2.45, 2.75) is 44.1 Å². The maximum absolute atomic E-state index is 12.2. The number of benzene rings is 3. The van der Waals surface area contributed by atoms with Crippen LogP contribution < -0.4 is 16.6 Å². The molecule has 1 heterocycles. The Hall–Kier alpha value is -4.70. The number of halogens is 1. The number of likely N-dealkylation sites (N-methyl/N-ethyl adjacent to an activating group) is 1. The van der Waals surface area contributed by atoms with E-state index >= 15 is 0 Å². The van der Waals surface area contributed by atoms with Crippen LogP contribution in [0, 0.1) is 0 Å². The van der Waals surface area contributed by atoms with Crippen LogP contribution in [0.2, 0.25) is 5.02 Å². The number of nitrogens with zero attached hydrogens (tertiary/aromatic N) is 1. The van der Waals surface area contributed by atoms with Gasteiger partial charge in [-0.15, -0.1) is 0 Å². The quantitative estimate of drug-likeness (QED) is 0.0882. The lowest BCUT2D eigenvalue weighted by Gasteiger charge is -2.36. The molecule has 1 aliphatic rings. The Morgan fingerprint density at radius 1 is 0.889 bits per heavy atom. The first-order valence-electron chi connectivity index (χ1n) is 14.4. The van der Waals surface area contributed by atoms with Crippen molar-refractivity contribution in [1.82, 2.24) is 15.7 Å². The molecule has 0 aliphatic heterocycles. The summed E-state index contributed by atoms with van der Waals surface area (Å²) in [6.07, 6.45) is 6.61. The molecule has 1 saturated carbocycles. The number of aliphatic carboxylic acids is 1. The minimum Gasteiger partial charge on any atom is -0.481 e. The first kappa shape index (κ1) is 34.8. The molecule has 2 atom stereocenters. The normalized spacial score (nSPS) is 16.1. The number of nitrogen functional groups attached to an aromatic ring is 1. The lowest BCUT2D eigenvalue weighted by molar-refractivity contribution is -0.138. The van der Waals surface area contributed by atoms with Gasteiger partial charge in [0.15, 0.2) is 11.6 Å². The highest BCUT2D eigenvalue weighted by Crippen LogP contribution is 2.37. The minimum absolute atomic E-state index is 0.0972. The number of rotatable bonds is 7. The molecule has 10 heteroatoms. The molecule has 0 saturated heterocycles. The predicted molar refractivity (Wildman–Crippen MR) is 174 cm³/mol. The number of ketones is 2. The molecule has 1 amide bonds. The summed E-state index contributed by atoms with van der Waals surface area (Å²) in [6.45, 7) is 1.61. The number of aromatic nitrogens is 1. The van der Waals surface area contributed by atoms with E-state index < -0.39 is 17.4 Å². The highest BCUT2D eigenvalue weighted by atomic mass is 35.5. The summed E-state index contributed by atoms with van der Waals surface area (Å²) >= 11 is 6.20. The zero-order valence-electron chi connectivity index (χ0n) is 25.2. The van der Waals surface area contributed by atoms with Crippen LogP contribution in [0.5, 0.6) is 0 Å². The van der Waals surface area contributed by atoms with Crippen molar-refractivity contribution in [2.24, 2.45) is 5.84 Å². The van der Waals surface area contributed by atoms with Gasteiger partial charge in [0, 0.05) is 40.5 Å². The third-order valence-corrected chi connectivity index (χ3v) is 7.90. The number of carbonyl (C=O) groups excluding carboxylic acids is 3. The molecule has 1 fully saturated rings. The first-order chi connectivity index (χ1) is 21.6. The first-order valence-corrected chi connectivity index (χ1v) is 14.8. The molecule has 0 bridgehead atoms. The van der Waals surface area contributed by atoms with Gasteiger partial charge in [0.25, 0.3) is 5.91 Å². The van der Waals surface area contributed by atoms with Crippen molar-refractivity contribution in [3.05, 3.63) is 136 Å². The number of Topliss-reactive ketones (excluding diaryl/α,β-unsaturated/α-hetero) is 1. The lowest BCUT2D eigenvalue weighted by Crippen LogP contribution is -2.49. The SMILES string of the molecule is CC(C(=O)O)c1cccc(C(=O)c2ccccc2)c1.CNC1(c2ccccc2Cl)CCCCC1=O.NNC(=O)c1ccncc1. The number of hydrazine groups is 1. The number of carboxylic acids is 1. The molecule has 234 valence electrons. The van der Waals surface area contributed by atoms with Crippen LogP contribution in [0.1, 0.15) is 75.9 Å². The van der Waals surface area contributed by atoms with E-state index in [4.69, 9.17) is 22.6 Å². The molecular formula is C35H37ClN4O5. The molecular weight excluding hydrogens is 592 g/mol. The van der Waals surface area contributed by atoms with Gasteiger partial charge >= 0.3 is 5.97 Å². The van der Waals surface area contributed by atoms with E-state index in [9.17, 15) is 19.2 Å². The average Bonchev–Trinajstić information content (AvgIpc) is 3.09. The van der Waals surface area contributed by atoms with Crippen LogP contribution in [0.4, 0.5) is 0 Å². The Labute approximate surface area is 267 Å². The van der Waals surface area contributed by atoms with E-state index in [1.165, 1.54) is 12.4 Å². The zero-order valence-corrected chi connectivity index (χ0v) is 26.0. The fourth-order valence-electron chi connectivity index (χ4n) is 4.95. The number of hydrogen-bond acceptors (Lipinski definition) is 7. The summed E-state index contributed by atoms with van der Waals surface area (Å²) in [5.41, 5.74) is 4.63. The van der Waals surface area contributed by atoms with Crippen LogP contribution in [-0.2, 0) is 15.1 Å². The number of amides is 1. The zero-order chi connectivity index (χ0) is 32.8. The van der Waals surface area contributed by atoms with Crippen molar-refractivity contribution in [1.29, 1.82) is 0 Å². The van der Waals surface area contributed by atoms with Crippen molar-refractivity contribution in [2.75, 3.05) is 7.05 Å². The fraction of sp³-hybridized carbons (Fsp3) is 0.229. The number of hydrogen-bond donors (Lipinski definition) is 4. The molecule has 3 aromatic carbocycles. The van der Waals surface area contributed by atoms with Crippen molar-refractivity contribution in [3.8, 4) is 0 Å². The van der Waals surface area contributed by atoms with E-state index in [-0.39, 0.29) is 17.5 Å². The summed E-state index contributed by atoms with van der Waals surface area (Å²) in [6, 6.07) is 26.5. The van der Waals surface area contributed by atoms with Gasteiger partial charge in [-0.2, -0.15) is 0 Å². The van der Waals surface area contributed by atoms with Crippen LogP contribution in [0.3, 0.4) is 0 Å². The molecule has 45 heavy (non-hydrogen) atoms. The number of nitrogens with two attached hydrogens (primary N) is 1. The van der Waals surface area contributed by atoms with E-state index in [2.05, 4.69) is 10.3 Å². The molecule has 2 unspecified atom stereocenters. The molecule has 1 aliphatic carbocycles. The second-order valence-electron chi connectivity index (χ2n) is 10.4. The maximum Gasteiger partial charge on any atom is 0.310 e. The van der Waals surface area contributed by atoms with Gasteiger partial charge in [-0.05, 0) is 62.2 Å². The summed E-state index contributed by atoms with van der Waals surface area (Å²) in [5.74, 6) is 3.22. The summed E-state index contributed by atoms with van der Waals surface area (Å²) in [4.78, 5) is 49.9. The highest BCUT2D eigenvalue weighted by molar-refractivity contribution is 6.31. The van der Waals surface area contributed by atoms with Gasteiger partial charge in [-0.25, -0.2) is 5.84 Å². The Morgan fingerprint density at radius 2 is 1.53 bits per heavy atom. The molecule has 1 aromatic heterocycles. The van der Waals surface area contributed by atoms with Crippen LogP contribution >= 0.6 is 11.6 Å². The smallest absolute Gasteiger partial charge is 0.310 e. The van der Waals surface area contributed by atoms with Crippen LogP contribution in [0.15, 0.2) is 103 Å². The molecule has 0 spiro atoms. The van der Waals surface area contributed by atoms with Gasteiger partial charge < -0.3 is 10.4 Å². The molecule has 4 aromatic rings. The summed E-state index contributed by atoms with van der Waals surface area (Å²) in [5, 5.41) is 12.9. The average molecular weight is 629 g/mol. The van der Waals surface area contributed by atoms with Crippen LogP contribution in [-0.4, -0.2) is 40.6 Å². The van der Waals surface area contributed by atoms with Crippen molar-refractivity contribution in [3.63, 3.8) is 0 Å². The number of pyridine rings is 1. The number of nitrogens with one attached hydrogen (secondary N) is 2. The van der Waals surface area contributed by atoms with Gasteiger partial charge in [0.1, 0.15) is 5.54 Å². The fourth-order valence-corrected chi connectivity index (χ4v) is 5.25. The second-order valence-corrected chi connectivity index (χ2v) is 10.8. The Bertz CT molecular complexity index is 1600. The monoisotopic (exact) mass is 628 g/mol. The van der Waals surface area contributed by atoms with Gasteiger partial charge in [-0.1, -0.05) is 84.8 Å². The standard InChI is InChI=1S/C16H14O3.C13H16ClNO.C6H7N3O/c1-11(16(18)19)13-8-5-9-14(10-13)15(17)12-6-3-2-4-7-12;1-15-13(9-5-4-8-12(13)16)10-6-2-3-7-11(10)14;7-9-6(10)5-1-3-8-4-2-5/h2-11H,1H3,(H,18,19);2-3,6-7,15H,4-5,8-9H2,1H3;1-4H,7H2,(H,9,10). The van der Waals surface area contributed by atoms with E-state index in [0.29, 0.717) is 33.7 Å². The molecule has 9 nitrogen and oxygen atoms in total. The van der Waals surface area contributed by atoms with Crippen molar-refractivity contribution < 1.29 is 24.3 Å². The Morgan fingerprint density at radius 3 is 2.13 bits per heavy atom. The maximum atomic E-state index is 12.2. The third-order valence-electron chi connectivity index (χ3n) is 7.57. The minimum atomic E-state index is -0.899. The topological polar surface area (TPSA) is 151 Å². The van der Waals surface area contributed by atoms with Crippen molar-refractivity contribution >= 4 is 35.0 Å².